The lowest BCUT2D eigenvalue weighted by Crippen LogP contribution is -2.46. The average Bonchev–Trinajstić information content (AvgIpc) is 2.24. The maximum atomic E-state index is 3.62. The van der Waals surface area contributed by atoms with Crippen molar-refractivity contribution >= 4 is 0 Å². The van der Waals surface area contributed by atoms with Crippen molar-refractivity contribution in [1.29, 1.82) is 0 Å². The first kappa shape index (κ1) is 17.9. The highest BCUT2D eigenvalue weighted by atomic mass is 15.1. The predicted octanol–water partition coefficient (Wildman–Crippen LogP) is 2.28. The lowest BCUT2D eigenvalue weighted by atomic mass is 9.84. The van der Waals surface area contributed by atoms with Crippen LogP contribution < -0.4 is 5.32 Å². The summed E-state index contributed by atoms with van der Waals surface area (Å²) in [5.74, 6) is 0. The van der Waals surface area contributed by atoms with Gasteiger partial charge in [-0.05, 0) is 66.0 Å². The molecule has 1 N–H and O–H groups in total. The Bertz CT molecular complexity index is 202. The molecule has 1 unspecified atom stereocenters. The Morgan fingerprint density at radius 1 is 1.11 bits per heavy atom. The van der Waals surface area contributed by atoms with Crippen LogP contribution in [0.3, 0.4) is 0 Å². The first-order valence-electron chi connectivity index (χ1n) is 7.36. The molecule has 0 saturated carbocycles. The number of hydrogen-bond donors (Lipinski definition) is 1. The molecule has 0 saturated heterocycles. The molecular formula is C15H35N3. The second-order valence-corrected chi connectivity index (χ2v) is 6.56. The summed E-state index contributed by atoms with van der Waals surface area (Å²) in [6, 6.07) is 0.564. The van der Waals surface area contributed by atoms with Crippen molar-refractivity contribution in [3.63, 3.8) is 0 Å². The van der Waals surface area contributed by atoms with Crippen molar-refractivity contribution < 1.29 is 0 Å². The van der Waals surface area contributed by atoms with Crippen LogP contribution in [0.5, 0.6) is 0 Å². The Morgan fingerprint density at radius 3 is 2.22 bits per heavy atom. The normalized spacial score (nSPS) is 14.5. The van der Waals surface area contributed by atoms with Gasteiger partial charge in [0.25, 0.3) is 0 Å². The third-order valence-electron chi connectivity index (χ3n) is 3.70. The molecule has 0 aromatic carbocycles. The molecule has 18 heavy (non-hydrogen) atoms. The molecule has 110 valence electrons. The van der Waals surface area contributed by atoms with E-state index in [2.05, 4.69) is 64.0 Å². The second kappa shape index (κ2) is 8.89. The molecule has 0 rings (SSSR count). The van der Waals surface area contributed by atoms with Gasteiger partial charge in [0, 0.05) is 12.6 Å². The summed E-state index contributed by atoms with van der Waals surface area (Å²) < 4.78 is 0. The van der Waals surface area contributed by atoms with Gasteiger partial charge in [0.05, 0.1) is 0 Å². The van der Waals surface area contributed by atoms with Crippen molar-refractivity contribution in [3.8, 4) is 0 Å². The van der Waals surface area contributed by atoms with Gasteiger partial charge < -0.3 is 15.1 Å². The SMILES string of the molecule is CCCNC(C)C(C)(C)CN(C)CCCN(C)C. The summed E-state index contributed by atoms with van der Waals surface area (Å²) in [4.78, 5) is 4.72. The summed E-state index contributed by atoms with van der Waals surface area (Å²) in [7, 11) is 6.52. The minimum atomic E-state index is 0.321. The van der Waals surface area contributed by atoms with Crippen LogP contribution in [-0.2, 0) is 0 Å². The Balaban J connectivity index is 3.97. The van der Waals surface area contributed by atoms with Crippen LogP contribution in [0, 0.1) is 5.41 Å². The second-order valence-electron chi connectivity index (χ2n) is 6.56. The van der Waals surface area contributed by atoms with E-state index in [9.17, 15) is 0 Å². The molecule has 0 aromatic heterocycles. The average molecular weight is 257 g/mol. The number of nitrogens with zero attached hydrogens (tertiary/aromatic N) is 2. The van der Waals surface area contributed by atoms with Gasteiger partial charge in [0.2, 0.25) is 0 Å². The molecule has 0 aliphatic carbocycles. The van der Waals surface area contributed by atoms with Crippen LogP contribution in [0.15, 0.2) is 0 Å². The van der Waals surface area contributed by atoms with E-state index in [1.807, 2.05) is 0 Å². The number of rotatable bonds is 10. The molecule has 0 aliphatic heterocycles. The van der Waals surface area contributed by atoms with Crippen molar-refractivity contribution in [2.24, 2.45) is 5.41 Å². The summed E-state index contributed by atoms with van der Waals surface area (Å²) in [5.41, 5.74) is 0.321. The molecule has 0 fully saturated rings. The summed E-state index contributed by atoms with van der Waals surface area (Å²) in [5, 5.41) is 3.62. The van der Waals surface area contributed by atoms with Gasteiger partial charge in [-0.15, -0.1) is 0 Å². The van der Waals surface area contributed by atoms with Gasteiger partial charge in [-0.25, -0.2) is 0 Å². The largest absolute Gasteiger partial charge is 0.314 e. The van der Waals surface area contributed by atoms with Gasteiger partial charge in [-0.1, -0.05) is 20.8 Å². The van der Waals surface area contributed by atoms with Gasteiger partial charge in [-0.2, -0.15) is 0 Å². The third kappa shape index (κ3) is 8.06. The zero-order valence-electron chi connectivity index (χ0n) is 13.7. The van der Waals surface area contributed by atoms with Crippen LogP contribution in [0.1, 0.15) is 40.5 Å². The van der Waals surface area contributed by atoms with E-state index < -0.39 is 0 Å². The molecule has 0 heterocycles. The minimum Gasteiger partial charge on any atom is -0.314 e. The van der Waals surface area contributed by atoms with Crippen LogP contribution in [-0.4, -0.2) is 63.2 Å². The molecular weight excluding hydrogens is 222 g/mol. The molecule has 0 spiro atoms. The van der Waals surface area contributed by atoms with E-state index in [1.54, 1.807) is 0 Å². The number of hydrogen-bond acceptors (Lipinski definition) is 3. The Kier molecular flexibility index (Phi) is 8.83. The van der Waals surface area contributed by atoms with Crippen LogP contribution >= 0.6 is 0 Å². The minimum absolute atomic E-state index is 0.321. The van der Waals surface area contributed by atoms with Crippen LogP contribution in [0.4, 0.5) is 0 Å². The third-order valence-corrected chi connectivity index (χ3v) is 3.70. The van der Waals surface area contributed by atoms with E-state index in [1.165, 1.54) is 25.9 Å². The highest BCUT2D eigenvalue weighted by molar-refractivity contribution is 4.83. The summed E-state index contributed by atoms with van der Waals surface area (Å²) >= 11 is 0. The molecule has 1 atom stereocenters. The first-order valence-corrected chi connectivity index (χ1v) is 7.36. The fraction of sp³-hybridized carbons (Fsp3) is 1.00. The van der Waals surface area contributed by atoms with Crippen molar-refractivity contribution in [2.75, 3.05) is 47.3 Å². The van der Waals surface area contributed by atoms with Crippen molar-refractivity contribution in [3.05, 3.63) is 0 Å². The Labute approximate surface area is 115 Å². The fourth-order valence-electron chi connectivity index (χ4n) is 2.21. The Morgan fingerprint density at radius 2 is 1.72 bits per heavy atom. The topological polar surface area (TPSA) is 18.5 Å². The Hall–Kier alpha value is -0.120. The zero-order chi connectivity index (χ0) is 14.2. The van der Waals surface area contributed by atoms with E-state index in [4.69, 9.17) is 0 Å². The number of nitrogens with one attached hydrogen (secondary N) is 1. The van der Waals surface area contributed by atoms with Crippen LogP contribution in [0.2, 0.25) is 0 Å². The molecule has 0 amide bonds. The van der Waals surface area contributed by atoms with Crippen molar-refractivity contribution in [2.45, 2.75) is 46.6 Å². The van der Waals surface area contributed by atoms with E-state index in [0.717, 1.165) is 13.1 Å². The molecule has 0 aliphatic rings. The van der Waals surface area contributed by atoms with Gasteiger partial charge in [-0.3, -0.25) is 0 Å². The highest BCUT2D eigenvalue weighted by Crippen LogP contribution is 2.21. The smallest absolute Gasteiger partial charge is 0.0102 e. The lowest BCUT2D eigenvalue weighted by molar-refractivity contribution is 0.161. The van der Waals surface area contributed by atoms with Crippen molar-refractivity contribution in [1.82, 2.24) is 15.1 Å². The van der Waals surface area contributed by atoms with E-state index >= 15 is 0 Å². The summed E-state index contributed by atoms with van der Waals surface area (Å²) in [6.07, 6.45) is 2.45. The standard InChI is InChI=1S/C15H35N3/c1-8-10-16-14(2)15(3,4)13-18(7)12-9-11-17(5)6/h14,16H,8-13H2,1-7H3. The molecule has 3 nitrogen and oxygen atoms in total. The maximum absolute atomic E-state index is 3.62. The molecule has 0 radical (unpaired) electrons. The molecule has 0 bridgehead atoms. The highest BCUT2D eigenvalue weighted by Gasteiger charge is 2.26. The lowest BCUT2D eigenvalue weighted by Gasteiger charge is -2.36. The van der Waals surface area contributed by atoms with Gasteiger partial charge in [0.15, 0.2) is 0 Å². The molecule has 0 aromatic rings. The monoisotopic (exact) mass is 257 g/mol. The first-order chi connectivity index (χ1) is 8.29. The summed E-state index contributed by atoms with van der Waals surface area (Å²) in [6.45, 7) is 13.9. The molecule has 3 heteroatoms. The maximum Gasteiger partial charge on any atom is 0.0102 e. The quantitative estimate of drug-likeness (QED) is 0.648. The van der Waals surface area contributed by atoms with Gasteiger partial charge >= 0.3 is 0 Å². The predicted molar refractivity (Wildman–Crippen MR) is 82.2 cm³/mol. The van der Waals surface area contributed by atoms with E-state index in [-0.39, 0.29) is 0 Å². The van der Waals surface area contributed by atoms with Gasteiger partial charge in [0.1, 0.15) is 0 Å². The van der Waals surface area contributed by atoms with E-state index in [0.29, 0.717) is 11.5 Å². The zero-order valence-corrected chi connectivity index (χ0v) is 13.7. The van der Waals surface area contributed by atoms with Crippen LogP contribution in [0.25, 0.3) is 0 Å². The fourth-order valence-corrected chi connectivity index (χ4v) is 2.21.